The highest BCUT2D eigenvalue weighted by Gasteiger charge is 2.01. The maximum Gasteiger partial charge on any atom is 0.336 e. The Kier molecular flexibility index (Phi) is 10.1. The molecule has 0 saturated heterocycles. The van der Waals surface area contributed by atoms with E-state index in [0.717, 1.165) is 49.7 Å². The van der Waals surface area contributed by atoms with Crippen molar-refractivity contribution in [3.05, 3.63) is 84.0 Å². The standard InChI is InChI=1S/C26H30O4/c1-3-25(27)29-20-8-6-4-5-7-9-22-12-14-23(15-13-22)16-19-26(28)30-24-17-10-21(2)11-18-24/h3,10-19H,1,4-9,20H2,2H3/b19-16+. The van der Waals surface area contributed by atoms with Gasteiger partial charge in [-0.25, -0.2) is 9.59 Å². The fraction of sp³-hybridized carbons (Fsp3) is 0.308. The monoisotopic (exact) mass is 406 g/mol. The minimum atomic E-state index is -0.387. The molecule has 0 aliphatic heterocycles. The van der Waals surface area contributed by atoms with Gasteiger partial charge in [-0.3, -0.25) is 0 Å². The van der Waals surface area contributed by atoms with E-state index in [1.165, 1.54) is 17.7 Å². The average molecular weight is 407 g/mol. The van der Waals surface area contributed by atoms with Crippen molar-refractivity contribution in [2.45, 2.75) is 45.4 Å². The zero-order valence-electron chi connectivity index (χ0n) is 17.6. The van der Waals surface area contributed by atoms with Crippen LogP contribution in [0.5, 0.6) is 5.75 Å². The number of rotatable bonds is 12. The highest BCUT2D eigenvalue weighted by atomic mass is 16.5. The Balaban J connectivity index is 1.62. The fourth-order valence-electron chi connectivity index (χ4n) is 2.91. The van der Waals surface area contributed by atoms with Gasteiger partial charge in [-0.1, -0.05) is 67.8 Å². The molecule has 2 aromatic rings. The van der Waals surface area contributed by atoms with E-state index in [4.69, 9.17) is 9.47 Å². The number of carbonyl (C=O) groups excluding carboxylic acids is 2. The molecule has 0 amide bonds. The van der Waals surface area contributed by atoms with Crippen LogP contribution in [0.25, 0.3) is 6.08 Å². The van der Waals surface area contributed by atoms with Crippen LogP contribution in [0.3, 0.4) is 0 Å². The Morgan fingerprint density at radius 3 is 2.23 bits per heavy atom. The summed E-state index contributed by atoms with van der Waals surface area (Å²) in [5.41, 5.74) is 3.37. The number of hydrogen-bond donors (Lipinski definition) is 0. The van der Waals surface area contributed by atoms with Crippen LogP contribution in [0.1, 0.15) is 48.8 Å². The molecule has 0 aliphatic rings. The molecule has 2 aromatic carbocycles. The highest BCUT2D eigenvalue weighted by Crippen LogP contribution is 2.13. The van der Waals surface area contributed by atoms with Crippen LogP contribution in [0.15, 0.2) is 67.3 Å². The zero-order valence-corrected chi connectivity index (χ0v) is 17.6. The van der Waals surface area contributed by atoms with E-state index in [9.17, 15) is 9.59 Å². The van der Waals surface area contributed by atoms with E-state index in [2.05, 4.69) is 18.7 Å². The average Bonchev–Trinajstić information content (AvgIpc) is 2.76. The first-order valence-electron chi connectivity index (χ1n) is 10.4. The SMILES string of the molecule is C=CC(=O)OCCCCCCCc1ccc(/C=C/C(=O)Oc2ccc(C)cc2)cc1. The molecule has 2 rings (SSSR count). The predicted octanol–water partition coefficient (Wildman–Crippen LogP) is 5.84. The summed E-state index contributed by atoms with van der Waals surface area (Å²) in [5.74, 6) is -0.193. The summed E-state index contributed by atoms with van der Waals surface area (Å²) < 4.78 is 10.2. The second-order valence-electron chi connectivity index (χ2n) is 7.20. The number of esters is 2. The molecule has 0 radical (unpaired) electrons. The Hall–Kier alpha value is -3.14. The van der Waals surface area contributed by atoms with Crippen molar-refractivity contribution in [1.82, 2.24) is 0 Å². The van der Waals surface area contributed by atoms with Gasteiger partial charge in [0, 0.05) is 12.2 Å². The molecule has 30 heavy (non-hydrogen) atoms. The van der Waals surface area contributed by atoms with E-state index >= 15 is 0 Å². The number of ether oxygens (including phenoxy) is 2. The Morgan fingerprint density at radius 1 is 0.867 bits per heavy atom. The largest absolute Gasteiger partial charge is 0.463 e. The lowest BCUT2D eigenvalue weighted by molar-refractivity contribution is -0.137. The second kappa shape index (κ2) is 13.2. The van der Waals surface area contributed by atoms with Crippen molar-refractivity contribution >= 4 is 18.0 Å². The Morgan fingerprint density at radius 2 is 1.53 bits per heavy atom. The molecular weight excluding hydrogens is 376 g/mol. The van der Waals surface area contributed by atoms with Gasteiger partial charge in [0.2, 0.25) is 0 Å². The van der Waals surface area contributed by atoms with Gasteiger partial charge in [-0.05, 0) is 55.5 Å². The Labute approximate surface area is 179 Å². The molecule has 0 atom stereocenters. The minimum absolute atomic E-state index is 0.351. The van der Waals surface area contributed by atoms with E-state index in [1.54, 1.807) is 18.2 Å². The number of benzene rings is 2. The molecule has 0 bridgehead atoms. The second-order valence-corrected chi connectivity index (χ2v) is 7.20. The lowest BCUT2D eigenvalue weighted by Crippen LogP contribution is -2.03. The minimum Gasteiger partial charge on any atom is -0.463 e. The van der Waals surface area contributed by atoms with E-state index < -0.39 is 0 Å². The van der Waals surface area contributed by atoms with Gasteiger partial charge in [0.05, 0.1) is 6.61 Å². The summed E-state index contributed by atoms with van der Waals surface area (Å²) in [6, 6.07) is 15.6. The summed E-state index contributed by atoms with van der Waals surface area (Å²) in [6.07, 6.45) is 10.8. The third kappa shape index (κ3) is 9.37. The van der Waals surface area contributed by atoms with Gasteiger partial charge >= 0.3 is 11.9 Å². The van der Waals surface area contributed by atoms with Crippen LogP contribution in [0.2, 0.25) is 0 Å². The number of aryl methyl sites for hydroxylation is 2. The molecule has 0 fully saturated rings. The fourth-order valence-corrected chi connectivity index (χ4v) is 2.91. The first-order valence-corrected chi connectivity index (χ1v) is 10.4. The van der Waals surface area contributed by atoms with E-state index in [1.807, 2.05) is 31.2 Å². The smallest absolute Gasteiger partial charge is 0.336 e. The zero-order chi connectivity index (χ0) is 21.6. The van der Waals surface area contributed by atoms with Crippen molar-refractivity contribution in [3.63, 3.8) is 0 Å². The van der Waals surface area contributed by atoms with Gasteiger partial charge in [-0.15, -0.1) is 0 Å². The summed E-state index contributed by atoms with van der Waals surface area (Å²) >= 11 is 0. The van der Waals surface area contributed by atoms with Crippen LogP contribution in [-0.4, -0.2) is 18.5 Å². The third-order valence-corrected chi connectivity index (χ3v) is 4.65. The summed E-state index contributed by atoms with van der Waals surface area (Å²) in [5, 5.41) is 0. The highest BCUT2D eigenvalue weighted by molar-refractivity contribution is 5.88. The molecular formula is C26H30O4. The van der Waals surface area contributed by atoms with Gasteiger partial charge in [0.1, 0.15) is 5.75 Å². The molecule has 0 aromatic heterocycles. The molecule has 0 spiro atoms. The van der Waals surface area contributed by atoms with E-state index in [0.29, 0.717) is 12.4 Å². The van der Waals surface area contributed by atoms with Crippen molar-refractivity contribution in [2.24, 2.45) is 0 Å². The van der Waals surface area contributed by atoms with Crippen molar-refractivity contribution < 1.29 is 19.1 Å². The van der Waals surface area contributed by atoms with Gasteiger partial charge in [0.15, 0.2) is 0 Å². The summed E-state index contributed by atoms with van der Waals surface area (Å²) in [6.45, 7) is 5.83. The predicted molar refractivity (Wildman–Crippen MR) is 120 cm³/mol. The van der Waals surface area contributed by atoms with Crippen molar-refractivity contribution in [2.75, 3.05) is 6.61 Å². The molecule has 0 saturated carbocycles. The van der Waals surface area contributed by atoms with Crippen LogP contribution in [-0.2, 0) is 20.7 Å². The normalized spacial score (nSPS) is 10.7. The van der Waals surface area contributed by atoms with Crippen LogP contribution in [0.4, 0.5) is 0 Å². The van der Waals surface area contributed by atoms with Crippen LogP contribution in [0, 0.1) is 6.92 Å². The van der Waals surface area contributed by atoms with Gasteiger partial charge < -0.3 is 9.47 Å². The van der Waals surface area contributed by atoms with Crippen molar-refractivity contribution in [1.29, 1.82) is 0 Å². The number of carbonyl (C=O) groups is 2. The molecule has 4 heteroatoms. The molecule has 4 nitrogen and oxygen atoms in total. The van der Waals surface area contributed by atoms with Gasteiger partial charge in [-0.2, -0.15) is 0 Å². The molecule has 158 valence electrons. The number of hydrogen-bond acceptors (Lipinski definition) is 4. The van der Waals surface area contributed by atoms with Crippen LogP contribution >= 0.6 is 0 Å². The summed E-state index contributed by atoms with van der Waals surface area (Å²) in [7, 11) is 0. The third-order valence-electron chi connectivity index (χ3n) is 4.65. The first kappa shape index (κ1) is 23.1. The molecule has 0 N–H and O–H groups in total. The quantitative estimate of drug-likeness (QED) is 0.192. The summed E-state index contributed by atoms with van der Waals surface area (Å²) in [4.78, 5) is 22.8. The lowest BCUT2D eigenvalue weighted by Gasteiger charge is -2.04. The lowest BCUT2D eigenvalue weighted by atomic mass is 10.0. The Bertz CT molecular complexity index is 832. The van der Waals surface area contributed by atoms with E-state index in [-0.39, 0.29) is 11.9 Å². The van der Waals surface area contributed by atoms with Gasteiger partial charge in [0.25, 0.3) is 0 Å². The topological polar surface area (TPSA) is 52.6 Å². The van der Waals surface area contributed by atoms with Crippen LogP contribution < -0.4 is 4.74 Å². The maximum atomic E-state index is 11.9. The molecule has 0 unspecified atom stereocenters. The molecule has 0 aliphatic carbocycles. The van der Waals surface area contributed by atoms with Crippen molar-refractivity contribution in [3.8, 4) is 5.75 Å². The first-order chi connectivity index (χ1) is 14.6. The molecule has 0 heterocycles. The maximum absolute atomic E-state index is 11.9. The number of unbranched alkanes of at least 4 members (excludes halogenated alkanes) is 4.